The third kappa shape index (κ3) is 3.81. The van der Waals surface area contributed by atoms with Crippen LogP contribution in [0.3, 0.4) is 0 Å². The van der Waals surface area contributed by atoms with Crippen LogP contribution in [0.15, 0.2) is 18.2 Å². The maximum atomic E-state index is 13.9. The monoisotopic (exact) mass is 310 g/mol. The van der Waals surface area contributed by atoms with Gasteiger partial charge in [-0.3, -0.25) is 9.59 Å². The van der Waals surface area contributed by atoms with Crippen LogP contribution in [-0.4, -0.2) is 29.3 Å². The average Bonchev–Trinajstić information content (AvgIpc) is 2.83. The summed E-state index contributed by atoms with van der Waals surface area (Å²) >= 11 is 0. The van der Waals surface area contributed by atoms with E-state index >= 15 is 0 Å². The predicted molar refractivity (Wildman–Crippen MR) is 77.9 cm³/mol. The van der Waals surface area contributed by atoms with Crippen molar-refractivity contribution >= 4 is 11.8 Å². The minimum atomic E-state index is -0.793. The van der Waals surface area contributed by atoms with E-state index in [2.05, 4.69) is 5.32 Å². The molecule has 0 bridgehead atoms. The second-order valence-corrected chi connectivity index (χ2v) is 5.70. The van der Waals surface area contributed by atoms with Gasteiger partial charge in [0, 0.05) is 31.1 Å². The van der Waals surface area contributed by atoms with Gasteiger partial charge in [-0.1, -0.05) is 6.07 Å². The third-order valence-corrected chi connectivity index (χ3v) is 3.97. The van der Waals surface area contributed by atoms with Crippen LogP contribution in [0.25, 0.3) is 0 Å². The number of hydrogen-bond donors (Lipinski definition) is 1. The van der Waals surface area contributed by atoms with E-state index in [4.69, 9.17) is 0 Å². The van der Waals surface area contributed by atoms with Crippen molar-refractivity contribution in [1.29, 1.82) is 0 Å². The number of halogens is 2. The number of benzene rings is 1. The second-order valence-electron chi connectivity index (χ2n) is 5.70. The quantitative estimate of drug-likeness (QED) is 0.929. The summed E-state index contributed by atoms with van der Waals surface area (Å²) in [6.07, 6.45) is 1.86. The second kappa shape index (κ2) is 6.85. The van der Waals surface area contributed by atoms with Gasteiger partial charge in [-0.25, -0.2) is 8.78 Å². The molecule has 120 valence electrons. The van der Waals surface area contributed by atoms with E-state index in [0.29, 0.717) is 6.54 Å². The first kappa shape index (κ1) is 16.4. The van der Waals surface area contributed by atoms with Gasteiger partial charge < -0.3 is 10.2 Å². The summed E-state index contributed by atoms with van der Waals surface area (Å²) in [5.41, 5.74) is 0.122. The summed E-state index contributed by atoms with van der Waals surface area (Å²) in [7, 11) is 0. The lowest BCUT2D eigenvalue weighted by molar-refractivity contribution is -0.132. The lowest BCUT2D eigenvalue weighted by atomic mass is 10.0. The number of likely N-dealkylation sites (tertiary alicyclic amines) is 1. The molecule has 1 heterocycles. The standard InChI is InChI=1S/C16H20F2N2O2/c1-10-4-3-7-20(10)16(22)9-15(19-11(2)21)13-6-5-12(17)8-14(13)18/h5-6,8,10,15H,3-4,7,9H2,1-2H3,(H,19,21). The molecule has 1 saturated heterocycles. The highest BCUT2D eigenvalue weighted by Crippen LogP contribution is 2.25. The zero-order valence-electron chi connectivity index (χ0n) is 12.7. The van der Waals surface area contributed by atoms with E-state index in [0.717, 1.165) is 25.0 Å². The zero-order chi connectivity index (χ0) is 16.3. The number of hydrogen-bond acceptors (Lipinski definition) is 2. The van der Waals surface area contributed by atoms with Crippen LogP contribution < -0.4 is 5.32 Å². The molecular weight excluding hydrogens is 290 g/mol. The van der Waals surface area contributed by atoms with Gasteiger partial charge in [-0.05, 0) is 25.8 Å². The van der Waals surface area contributed by atoms with Crippen molar-refractivity contribution in [2.45, 2.75) is 45.2 Å². The first-order chi connectivity index (χ1) is 10.4. The van der Waals surface area contributed by atoms with E-state index < -0.39 is 17.7 Å². The average molecular weight is 310 g/mol. The van der Waals surface area contributed by atoms with Gasteiger partial charge in [0.1, 0.15) is 11.6 Å². The summed E-state index contributed by atoms with van der Waals surface area (Å²) < 4.78 is 27.0. The number of amides is 2. The molecule has 1 aromatic carbocycles. The minimum absolute atomic E-state index is 0.0352. The van der Waals surface area contributed by atoms with Gasteiger partial charge in [-0.2, -0.15) is 0 Å². The number of rotatable bonds is 4. The van der Waals surface area contributed by atoms with Crippen molar-refractivity contribution < 1.29 is 18.4 Å². The SMILES string of the molecule is CC(=O)NC(CC(=O)N1CCCC1C)c1ccc(F)cc1F. The van der Waals surface area contributed by atoms with Crippen LogP contribution in [0.1, 0.15) is 44.7 Å². The summed E-state index contributed by atoms with van der Waals surface area (Å²) in [4.78, 5) is 25.5. The van der Waals surface area contributed by atoms with Gasteiger partial charge in [0.2, 0.25) is 11.8 Å². The molecule has 0 spiro atoms. The predicted octanol–water partition coefficient (Wildman–Crippen LogP) is 2.54. The van der Waals surface area contributed by atoms with E-state index in [9.17, 15) is 18.4 Å². The van der Waals surface area contributed by atoms with E-state index in [1.807, 2.05) is 6.92 Å². The molecule has 1 aromatic rings. The Hall–Kier alpha value is -1.98. The smallest absolute Gasteiger partial charge is 0.225 e. The molecule has 0 saturated carbocycles. The molecule has 1 fully saturated rings. The first-order valence-corrected chi connectivity index (χ1v) is 7.40. The molecule has 1 aliphatic rings. The summed E-state index contributed by atoms with van der Waals surface area (Å²) in [5, 5.41) is 2.58. The van der Waals surface area contributed by atoms with E-state index in [1.54, 1.807) is 4.90 Å². The van der Waals surface area contributed by atoms with E-state index in [1.165, 1.54) is 13.0 Å². The molecule has 0 radical (unpaired) electrons. The topological polar surface area (TPSA) is 49.4 Å². The Kier molecular flexibility index (Phi) is 5.11. The first-order valence-electron chi connectivity index (χ1n) is 7.40. The van der Waals surface area contributed by atoms with Gasteiger partial charge >= 0.3 is 0 Å². The highest BCUT2D eigenvalue weighted by atomic mass is 19.1. The highest BCUT2D eigenvalue weighted by Gasteiger charge is 2.28. The fourth-order valence-corrected chi connectivity index (χ4v) is 2.86. The van der Waals surface area contributed by atoms with Crippen molar-refractivity contribution in [2.24, 2.45) is 0 Å². The number of carbonyl (C=O) groups is 2. The number of carbonyl (C=O) groups excluding carboxylic acids is 2. The molecule has 0 aliphatic carbocycles. The Morgan fingerprint density at radius 2 is 2.14 bits per heavy atom. The third-order valence-electron chi connectivity index (χ3n) is 3.97. The Labute approximate surface area is 128 Å². The number of nitrogens with one attached hydrogen (secondary N) is 1. The molecule has 22 heavy (non-hydrogen) atoms. The molecule has 2 unspecified atom stereocenters. The van der Waals surface area contributed by atoms with Crippen LogP contribution >= 0.6 is 0 Å². The Balaban J connectivity index is 2.19. The summed E-state index contributed by atoms with van der Waals surface area (Å²) in [6.45, 7) is 3.95. The number of nitrogens with zero attached hydrogens (tertiary/aromatic N) is 1. The summed E-state index contributed by atoms with van der Waals surface area (Å²) in [5.74, 6) is -1.95. The maximum absolute atomic E-state index is 13.9. The van der Waals surface area contributed by atoms with Gasteiger partial charge in [0.25, 0.3) is 0 Å². The van der Waals surface area contributed by atoms with Crippen molar-refractivity contribution in [3.63, 3.8) is 0 Å². The molecule has 0 aromatic heterocycles. The molecule has 4 nitrogen and oxygen atoms in total. The Morgan fingerprint density at radius 3 is 2.68 bits per heavy atom. The fourth-order valence-electron chi connectivity index (χ4n) is 2.86. The molecular formula is C16H20F2N2O2. The summed E-state index contributed by atoms with van der Waals surface area (Å²) in [6, 6.07) is 2.51. The molecule has 2 rings (SSSR count). The molecule has 1 aliphatic heterocycles. The van der Waals surface area contributed by atoms with Crippen molar-refractivity contribution in [1.82, 2.24) is 10.2 Å². The zero-order valence-corrected chi connectivity index (χ0v) is 12.7. The minimum Gasteiger partial charge on any atom is -0.349 e. The van der Waals surface area contributed by atoms with Gasteiger partial charge in [-0.15, -0.1) is 0 Å². The molecule has 1 N–H and O–H groups in total. The van der Waals surface area contributed by atoms with Crippen molar-refractivity contribution in [3.8, 4) is 0 Å². The Morgan fingerprint density at radius 1 is 1.41 bits per heavy atom. The van der Waals surface area contributed by atoms with E-state index in [-0.39, 0.29) is 29.8 Å². The van der Waals surface area contributed by atoms with Crippen LogP contribution in [-0.2, 0) is 9.59 Å². The van der Waals surface area contributed by atoms with Crippen LogP contribution in [0, 0.1) is 11.6 Å². The van der Waals surface area contributed by atoms with Gasteiger partial charge in [0.05, 0.1) is 12.5 Å². The van der Waals surface area contributed by atoms with Crippen LogP contribution in [0.4, 0.5) is 8.78 Å². The maximum Gasteiger partial charge on any atom is 0.225 e. The lowest BCUT2D eigenvalue weighted by Crippen LogP contribution is -2.37. The molecule has 6 heteroatoms. The van der Waals surface area contributed by atoms with Gasteiger partial charge in [0.15, 0.2) is 0 Å². The molecule has 2 amide bonds. The lowest BCUT2D eigenvalue weighted by Gasteiger charge is -2.25. The normalized spacial score (nSPS) is 19.1. The molecule has 2 atom stereocenters. The highest BCUT2D eigenvalue weighted by molar-refractivity contribution is 5.79. The van der Waals surface area contributed by atoms with Crippen LogP contribution in [0.2, 0.25) is 0 Å². The van der Waals surface area contributed by atoms with Crippen molar-refractivity contribution in [3.05, 3.63) is 35.4 Å². The van der Waals surface area contributed by atoms with Crippen molar-refractivity contribution in [2.75, 3.05) is 6.54 Å². The Bertz CT molecular complexity index is 577. The van der Waals surface area contributed by atoms with Crippen LogP contribution in [0.5, 0.6) is 0 Å². The fraction of sp³-hybridized carbons (Fsp3) is 0.500. The largest absolute Gasteiger partial charge is 0.349 e.